The largest absolute Gasteiger partial charge is 0.497 e. The minimum atomic E-state index is -4.51. The van der Waals surface area contributed by atoms with Gasteiger partial charge >= 0.3 is 6.18 Å². The number of allylic oxidation sites excluding steroid dienone is 1. The molecule has 0 aliphatic carbocycles. The first-order valence-electron chi connectivity index (χ1n) is 10.6. The third-order valence-corrected chi connectivity index (χ3v) is 5.98. The number of alkyl halides is 3. The van der Waals surface area contributed by atoms with Crippen molar-refractivity contribution in [2.75, 3.05) is 39.2 Å². The molecule has 3 rings (SSSR count). The first-order valence-corrected chi connectivity index (χ1v) is 10.6. The predicted octanol–water partition coefficient (Wildman–Crippen LogP) is 5.14. The van der Waals surface area contributed by atoms with E-state index in [9.17, 15) is 18.0 Å². The van der Waals surface area contributed by atoms with Crippen molar-refractivity contribution in [3.05, 3.63) is 71.8 Å². The summed E-state index contributed by atoms with van der Waals surface area (Å²) in [7, 11) is 5.30. The molecule has 2 atom stereocenters. The van der Waals surface area contributed by atoms with Gasteiger partial charge in [-0.25, -0.2) is 0 Å². The minimum absolute atomic E-state index is 0.111. The molecule has 0 fully saturated rings. The molecule has 2 aromatic rings. The Morgan fingerprint density at radius 2 is 1.88 bits per heavy atom. The van der Waals surface area contributed by atoms with Gasteiger partial charge in [0.1, 0.15) is 5.75 Å². The minimum Gasteiger partial charge on any atom is -0.497 e. The van der Waals surface area contributed by atoms with Crippen LogP contribution in [-0.4, -0.2) is 45.1 Å². The number of methoxy groups -OCH3 is 1. The Morgan fingerprint density at radius 3 is 2.44 bits per heavy atom. The number of amides is 1. The van der Waals surface area contributed by atoms with Gasteiger partial charge in [-0.2, -0.15) is 13.2 Å². The number of hydrogen-bond donors (Lipinski definition) is 0. The number of benzene rings is 2. The number of ether oxygens (including phenoxy) is 1. The molecule has 0 saturated carbocycles. The van der Waals surface area contributed by atoms with Crippen LogP contribution in [-0.2, 0) is 17.4 Å². The van der Waals surface area contributed by atoms with E-state index in [0.29, 0.717) is 30.9 Å². The molecule has 0 spiro atoms. The van der Waals surface area contributed by atoms with Crippen LogP contribution in [0.1, 0.15) is 29.0 Å². The van der Waals surface area contributed by atoms with E-state index < -0.39 is 23.6 Å². The molecule has 1 heterocycles. The number of hydrogen-bond acceptors (Lipinski definition) is 3. The summed E-state index contributed by atoms with van der Waals surface area (Å²) >= 11 is 0. The van der Waals surface area contributed by atoms with E-state index in [1.54, 1.807) is 31.4 Å². The molecule has 0 N–H and O–H groups in total. The van der Waals surface area contributed by atoms with Crippen LogP contribution in [0.2, 0.25) is 0 Å². The third kappa shape index (κ3) is 4.99. The number of carbonyl (C=O) groups excluding carboxylic acids is 1. The van der Waals surface area contributed by atoms with Gasteiger partial charge in [0.25, 0.3) is 0 Å². The summed E-state index contributed by atoms with van der Waals surface area (Å²) in [5, 5.41) is 0. The Labute approximate surface area is 187 Å². The molecule has 1 amide bonds. The molecular formula is C25H29F3N2O2. The van der Waals surface area contributed by atoms with E-state index in [1.165, 1.54) is 11.0 Å². The number of carbonyl (C=O) groups is 1. The van der Waals surface area contributed by atoms with Gasteiger partial charge in [-0.05, 0) is 68.2 Å². The number of anilines is 1. The second kappa shape index (κ2) is 9.77. The normalized spacial score (nSPS) is 19.0. The van der Waals surface area contributed by atoms with E-state index in [-0.39, 0.29) is 17.9 Å². The van der Waals surface area contributed by atoms with Crippen molar-refractivity contribution in [2.45, 2.75) is 24.9 Å². The number of fused-ring (bicyclic) bond motifs is 1. The summed E-state index contributed by atoms with van der Waals surface area (Å²) in [6, 6.07) is 11.3. The SMILES string of the molecule is C=CC[C@@H]1C(=O)N(CCN(C)C)c2cccc(C(F)(F)F)c2C[C@@H]1c1ccc(OC)cc1. The molecule has 1 aliphatic rings. The van der Waals surface area contributed by atoms with Gasteiger partial charge in [0.05, 0.1) is 12.7 Å². The monoisotopic (exact) mass is 446 g/mol. The molecular weight excluding hydrogens is 417 g/mol. The Hall–Kier alpha value is -2.80. The standard InChI is InChI=1S/C25H29F3N2O2/c1-5-7-19-20(17-10-12-18(32-4)13-11-17)16-21-22(25(26,27)28)8-6-9-23(21)30(24(19)31)15-14-29(2)3/h5-6,8-13,19-20H,1,7,14-16H2,2-4H3/t19-,20+/m0/s1. The fourth-order valence-corrected chi connectivity index (χ4v) is 4.34. The molecule has 32 heavy (non-hydrogen) atoms. The van der Waals surface area contributed by atoms with E-state index in [0.717, 1.165) is 11.6 Å². The van der Waals surface area contributed by atoms with Crippen molar-refractivity contribution >= 4 is 11.6 Å². The van der Waals surface area contributed by atoms with E-state index in [4.69, 9.17) is 4.74 Å². The fourth-order valence-electron chi connectivity index (χ4n) is 4.34. The zero-order chi connectivity index (χ0) is 23.5. The molecule has 0 aromatic heterocycles. The molecule has 4 nitrogen and oxygen atoms in total. The van der Waals surface area contributed by atoms with Gasteiger partial charge in [0, 0.05) is 24.7 Å². The van der Waals surface area contributed by atoms with Crippen LogP contribution in [0, 0.1) is 5.92 Å². The van der Waals surface area contributed by atoms with E-state index in [2.05, 4.69) is 6.58 Å². The maximum absolute atomic E-state index is 14.0. The average molecular weight is 447 g/mol. The van der Waals surface area contributed by atoms with Crippen molar-refractivity contribution in [1.29, 1.82) is 0 Å². The quantitative estimate of drug-likeness (QED) is 0.552. The maximum Gasteiger partial charge on any atom is 0.416 e. The van der Waals surface area contributed by atoms with Crippen LogP contribution in [0.25, 0.3) is 0 Å². The van der Waals surface area contributed by atoms with Crippen molar-refractivity contribution in [2.24, 2.45) is 5.92 Å². The van der Waals surface area contributed by atoms with E-state index >= 15 is 0 Å². The molecule has 172 valence electrons. The Kier molecular flexibility index (Phi) is 7.29. The average Bonchev–Trinajstić information content (AvgIpc) is 2.86. The maximum atomic E-state index is 14.0. The molecule has 7 heteroatoms. The Balaban J connectivity index is 2.19. The second-order valence-corrected chi connectivity index (χ2v) is 8.31. The first kappa shape index (κ1) is 23.9. The number of likely N-dealkylation sites (N-methyl/N-ethyl adjacent to an activating group) is 1. The van der Waals surface area contributed by atoms with Crippen LogP contribution in [0.5, 0.6) is 5.75 Å². The summed E-state index contributed by atoms with van der Waals surface area (Å²) in [4.78, 5) is 17.2. The molecule has 0 unspecified atom stereocenters. The summed E-state index contributed by atoms with van der Waals surface area (Å²) in [6.07, 6.45) is -2.35. The number of rotatable bonds is 7. The van der Waals surface area contributed by atoms with Gasteiger partial charge in [-0.15, -0.1) is 6.58 Å². The van der Waals surface area contributed by atoms with Crippen molar-refractivity contribution in [3.8, 4) is 5.75 Å². The van der Waals surface area contributed by atoms with Crippen molar-refractivity contribution in [3.63, 3.8) is 0 Å². The lowest BCUT2D eigenvalue weighted by Gasteiger charge is -2.29. The smallest absolute Gasteiger partial charge is 0.416 e. The highest BCUT2D eigenvalue weighted by molar-refractivity contribution is 5.97. The van der Waals surface area contributed by atoms with Crippen molar-refractivity contribution in [1.82, 2.24) is 4.90 Å². The highest BCUT2D eigenvalue weighted by Gasteiger charge is 2.42. The highest BCUT2D eigenvalue weighted by Crippen LogP contribution is 2.44. The van der Waals surface area contributed by atoms with Gasteiger partial charge in [0.2, 0.25) is 5.91 Å². The topological polar surface area (TPSA) is 32.8 Å². The Morgan fingerprint density at radius 1 is 1.19 bits per heavy atom. The zero-order valence-corrected chi connectivity index (χ0v) is 18.7. The van der Waals surface area contributed by atoms with Crippen LogP contribution >= 0.6 is 0 Å². The third-order valence-electron chi connectivity index (χ3n) is 5.98. The second-order valence-electron chi connectivity index (χ2n) is 8.31. The van der Waals surface area contributed by atoms with E-state index in [1.807, 2.05) is 31.1 Å². The summed E-state index contributed by atoms with van der Waals surface area (Å²) in [5.41, 5.74) is 0.634. The molecule has 2 aromatic carbocycles. The van der Waals surface area contributed by atoms with Crippen molar-refractivity contribution < 1.29 is 22.7 Å². The molecule has 0 saturated heterocycles. The molecule has 1 aliphatic heterocycles. The van der Waals surface area contributed by atoms with Gasteiger partial charge in [-0.1, -0.05) is 24.3 Å². The lowest BCUT2D eigenvalue weighted by molar-refractivity contribution is -0.138. The van der Waals surface area contributed by atoms with Crippen LogP contribution in [0.3, 0.4) is 0 Å². The van der Waals surface area contributed by atoms with Gasteiger partial charge in [0.15, 0.2) is 0 Å². The fraction of sp³-hybridized carbons (Fsp3) is 0.400. The number of nitrogens with zero attached hydrogens (tertiary/aromatic N) is 2. The molecule has 0 radical (unpaired) electrons. The Bertz CT molecular complexity index is 955. The van der Waals surface area contributed by atoms with Gasteiger partial charge in [-0.3, -0.25) is 4.79 Å². The zero-order valence-electron chi connectivity index (χ0n) is 18.7. The first-order chi connectivity index (χ1) is 15.2. The summed E-state index contributed by atoms with van der Waals surface area (Å²) in [5.74, 6) is -0.460. The summed E-state index contributed by atoms with van der Waals surface area (Å²) < 4.78 is 47.2. The number of halogens is 3. The highest BCUT2D eigenvalue weighted by atomic mass is 19.4. The lowest BCUT2D eigenvalue weighted by Crippen LogP contribution is -2.41. The lowest BCUT2D eigenvalue weighted by atomic mass is 9.79. The molecule has 0 bridgehead atoms. The van der Waals surface area contributed by atoms with Crippen LogP contribution < -0.4 is 9.64 Å². The van der Waals surface area contributed by atoms with Gasteiger partial charge < -0.3 is 14.5 Å². The predicted molar refractivity (Wildman–Crippen MR) is 120 cm³/mol. The van der Waals surface area contributed by atoms with Crippen LogP contribution in [0.15, 0.2) is 55.1 Å². The van der Waals surface area contributed by atoms with Crippen LogP contribution in [0.4, 0.5) is 18.9 Å². The summed E-state index contributed by atoms with van der Waals surface area (Å²) in [6.45, 7) is 4.65.